The summed E-state index contributed by atoms with van der Waals surface area (Å²) in [5, 5.41) is 0. The number of aromatic nitrogens is 2. The van der Waals surface area contributed by atoms with E-state index < -0.39 is 10.0 Å². The van der Waals surface area contributed by atoms with Crippen LogP contribution in [0.1, 0.15) is 11.1 Å². The van der Waals surface area contributed by atoms with Gasteiger partial charge >= 0.3 is 0 Å². The van der Waals surface area contributed by atoms with Crippen LogP contribution in [0.25, 0.3) is 0 Å². The summed E-state index contributed by atoms with van der Waals surface area (Å²) in [5.41, 5.74) is 2.31. The van der Waals surface area contributed by atoms with Crippen molar-refractivity contribution < 1.29 is 13.2 Å². The maximum Gasteiger partial charge on any atom is 0.262 e. The molecule has 1 saturated heterocycles. The zero-order valence-electron chi connectivity index (χ0n) is 16.1. The van der Waals surface area contributed by atoms with E-state index in [2.05, 4.69) is 14.7 Å². The number of sulfonamides is 1. The van der Waals surface area contributed by atoms with Crippen molar-refractivity contribution in [2.24, 2.45) is 0 Å². The third kappa shape index (κ3) is 4.30. The van der Waals surface area contributed by atoms with Crippen LogP contribution in [0.2, 0.25) is 0 Å². The molecule has 9 heteroatoms. The van der Waals surface area contributed by atoms with Crippen LogP contribution in [0.5, 0.6) is 0 Å². The highest BCUT2D eigenvalue weighted by Crippen LogP contribution is 2.27. The van der Waals surface area contributed by atoms with Crippen molar-refractivity contribution in [2.75, 3.05) is 54.9 Å². The monoisotopic (exact) mass is 391 g/mol. The Bertz CT molecular complexity index is 925. The van der Waals surface area contributed by atoms with Crippen molar-refractivity contribution in [3.05, 3.63) is 35.5 Å². The second-order valence-electron chi connectivity index (χ2n) is 6.75. The molecule has 1 fully saturated rings. The van der Waals surface area contributed by atoms with Crippen molar-refractivity contribution in [1.82, 2.24) is 9.97 Å². The van der Waals surface area contributed by atoms with Crippen LogP contribution >= 0.6 is 0 Å². The third-order valence-corrected chi connectivity index (χ3v) is 5.87. The molecular weight excluding hydrogens is 366 g/mol. The molecular formula is C18H25N5O3S. The first-order valence-corrected chi connectivity index (χ1v) is 10.2. The van der Waals surface area contributed by atoms with E-state index in [1.54, 1.807) is 23.1 Å². The fraction of sp³-hybridized carbons (Fsp3) is 0.444. The van der Waals surface area contributed by atoms with E-state index in [1.165, 1.54) is 6.20 Å². The largest absolute Gasteiger partial charge is 0.378 e. The van der Waals surface area contributed by atoms with E-state index in [1.807, 2.05) is 32.8 Å². The molecule has 27 heavy (non-hydrogen) atoms. The highest BCUT2D eigenvalue weighted by molar-refractivity contribution is 7.92. The summed E-state index contributed by atoms with van der Waals surface area (Å²) in [6.07, 6.45) is 1.52. The number of rotatable bonds is 5. The molecule has 1 aliphatic heterocycles. The normalized spacial score (nSPS) is 14.9. The van der Waals surface area contributed by atoms with Crippen molar-refractivity contribution in [3.63, 3.8) is 0 Å². The summed E-state index contributed by atoms with van der Waals surface area (Å²) in [6.45, 7) is 6.51. The number of nitrogens with zero attached hydrogens (tertiary/aromatic N) is 4. The minimum atomic E-state index is -3.74. The van der Waals surface area contributed by atoms with Gasteiger partial charge in [-0.15, -0.1) is 0 Å². The lowest BCUT2D eigenvalue weighted by Crippen LogP contribution is -2.37. The van der Waals surface area contributed by atoms with Gasteiger partial charge in [0.1, 0.15) is 5.69 Å². The Hall–Kier alpha value is -2.39. The SMILES string of the molecule is Cc1ccc(S(=O)(=O)Nc2cnc(N3CCOCC3)nc2N(C)C)cc1C. The van der Waals surface area contributed by atoms with Gasteiger partial charge in [0.25, 0.3) is 10.0 Å². The molecule has 2 heterocycles. The van der Waals surface area contributed by atoms with Crippen molar-refractivity contribution >= 4 is 27.5 Å². The summed E-state index contributed by atoms with van der Waals surface area (Å²) in [7, 11) is -0.0992. The third-order valence-electron chi connectivity index (χ3n) is 4.51. The molecule has 146 valence electrons. The molecule has 0 bridgehead atoms. The molecule has 0 amide bonds. The predicted octanol–water partition coefficient (Wildman–Crippen LogP) is 1.80. The smallest absolute Gasteiger partial charge is 0.262 e. The zero-order valence-corrected chi connectivity index (χ0v) is 16.9. The first kappa shape index (κ1) is 19.4. The molecule has 8 nitrogen and oxygen atoms in total. The van der Waals surface area contributed by atoms with Gasteiger partial charge in [-0.3, -0.25) is 4.72 Å². The van der Waals surface area contributed by atoms with E-state index in [0.29, 0.717) is 43.8 Å². The Morgan fingerprint density at radius 2 is 1.85 bits per heavy atom. The van der Waals surface area contributed by atoms with Crippen LogP contribution in [-0.4, -0.2) is 58.8 Å². The number of ether oxygens (including phenoxy) is 1. The molecule has 3 rings (SSSR count). The predicted molar refractivity (Wildman–Crippen MR) is 106 cm³/mol. The molecule has 0 radical (unpaired) electrons. The molecule has 1 N–H and O–H groups in total. The van der Waals surface area contributed by atoms with E-state index in [-0.39, 0.29) is 4.90 Å². The Labute approximate surface area is 160 Å². The van der Waals surface area contributed by atoms with Crippen LogP contribution in [-0.2, 0) is 14.8 Å². The van der Waals surface area contributed by atoms with E-state index in [9.17, 15) is 8.42 Å². The van der Waals surface area contributed by atoms with Gasteiger partial charge in [0.15, 0.2) is 5.82 Å². The van der Waals surface area contributed by atoms with Crippen LogP contribution in [0.4, 0.5) is 17.5 Å². The molecule has 0 unspecified atom stereocenters. The number of morpholine rings is 1. The summed E-state index contributed by atoms with van der Waals surface area (Å²) in [6, 6.07) is 5.06. The van der Waals surface area contributed by atoms with E-state index in [0.717, 1.165) is 11.1 Å². The second kappa shape index (κ2) is 7.69. The Kier molecular flexibility index (Phi) is 5.52. The fourth-order valence-electron chi connectivity index (χ4n) is 2.78. The molecule has 1 aliphatic rings. The van der Waals surface area contributed by atoms with Gasteiger partial charge in [-0.2, -0.15) is 4.98 Å². The van der Waals surface area contributed by atoms with Crippen LogP contribution in [0, 0.1) is 13.8 Å². The van der Waals surface area contributed by atoms with Gasteiger partial charge in [0.2, 0.25) is 5.95 Å². The standard InChI is InChI=1S/C18H25N5O3S/c1-13-5-6-15(11-14(13)2)27(24,25)21-16-12-19-18(20-17(16)22(3)4)23-7-9-26-10-8-23/h5-6,11-12,21H,7-10H2,1-4H3. The maximum atomic E-state index is 12.8. The lowest BCUT2D eigenvalue weighted by atomic mass is 10.1. The van der Waals surface area contributed by atoms with Crippen molar-refractivity contribution in [2.45, 2.75) is 18.7 Å². The first-order chi connectivity index (χ1) is 12.8. The van der Waals surface area contributed by atoms with Gasteiger partial charge in [-0.25, -0.2) is 13.4 Å². The highest BCUT2D eigenvalue weighted by atomic mass is 32.2. The summed E-state index contributed by atoms with van der Waals surface area (Å²) < 4.78 is 33.6. The number of nitrogens with one attached hydrogen (secondary N) is 1. The van der Waals surface area contributed by atoms with Crippen LogP contribution < -0.4 is 14.5 Å². The summed E-state index contributed by atoms with van der Waals surface area (Å²) in [5.74, 6) is 1.08. The minimum absolute atomic E-state index is 0.215. The van der Waals surface area contributed by atoms with Gasteiger partial charge < -0.3 is 14.5 Å². The Balaban J connectivity index is 1.92. The van der Waals surface area contributed by atoms with Gasteiger partial charge in [0.05, 0.1) is 24.3 Å². The molecule has 2 aromatic rings. The van der Waals surface area contributed by atoms with Crippen LogP contribution in [0.3, 0.4) is 0 Å². The molecule has 0 spiro atoms. The average Bonchev–Trinajstić information content (AvgIpc) is 2.64. The Morgan fingerprint density at radius 1 is 1.15 bits per heavy atom. The van der Waals surface area contributed by atoms with E-state index in [4.69, 9.17) is 4.74 Å². The lowest BCUT2D eigenvalue weighted by molar-refractivity contribution is 0.122. The zero-order chi connectivity index (χ0) is 19.6. The van der Waals surface area contributed by atoms with Gasteiger partial charge in [-0.1, -0.05) is 6.07 Å². The molecule has 1 aromatic heterocycles. The average molecular weight is 391 g/mol. The van der Waals surface area contributed by atoms with Gasteiger partial charge in [-0.05, 0) is 37.1 Å². The second-order valence-corrected chi connectivity index (χ2v) is 8.44. The van der Waals surface area contributed by atoms with Gasteiger partial charge in [0, 0.05) is 27.2 Å². The molecule has 0 atom stereocenters. The minimum Gasteiger partial charge on any atom is -0.378 e. The lowest BCUT2D eigenvalue weighted by Gasteiger charge is -2.28. The number of aryl methyl sites for hydroxylation is 2. The Morgan fingerprint density at radius 3 is 2.48 bits per heavy atom. The summed E-state index contributed by atoms with van der Waals surface area (Å²) >= 11 is 0. The molecule has 1 aromatic carbocycles. The van der Waals surface area contributed by atoms with E-state index >= 15 is 0 Å². The van der Waals surface area contributed by atoms with Crippen LogP contribution in [0.15, 0.2) is 29.3 Å². The number of hydrogen-bond donors (Lipinski definition) is 1. The molecule has 0 aliphatic carbocycles. The summed E-state index contributed by atoms with van der Waals surface area (Å²) in [4.78, 5) is 12.9. The number of benzene rings is 1. The maximum absolute atomic E-state index is 12.8. The number of hydrogen-bond acceptors (Lipinski definition) is 7. The highest BCUT2D eigenvalue weighted by Gasteiger charge is 2.21. The first-order valence-electron chi connectivity index (χ1n) is 8.75. The van der Waals surface area contributed by atoms with Crippen molar-refractivity contribution in [1.29, 1.82) is 0 Å². The quantitative estimate of drug-likeness (QED) is 0.831. The van der Waals surface area contributed by atoms with Crippen molar-refractivity contribution in [3.8, 4) is 0 Å². The number of anilines is 3. The topological polar surface area (TPSA) is 87.7 Å². The fourth-order valence-corrected chi connectivity index (χ4v) is 3.91. The molecule has 0 saturated carbocycles.